The number of nitrogens with zero attached hydrogens (tertiary/aromatic N) is 1. The van der Waals surface area contributed by atoms with E-state index in [-0.39, 0.29) is 11.6 Å². The van der Waals surface area contributed by atoms with Crippen LogP contribution in [0.25, 0.3) is 10.9 Å². The zero-order chi connectivity index (χ0) is 22.2. The van der Waals surface area contributed by atoms with Crippen molar-refractivity contribution in [1.82, 2.24) is 9.88 Å². The van der Waals surface area contributed by atoms with E-state index in [9.17, 15) is 19.5 Å². The summed E-state index contributed by atoms with van der Waals surface area (Å²) in [6.07, 6.45) is 4.70. The fourth-order valence-corrected chi connectivity index (χ4v) is 4.82. The number of hydrogen-bond donors (Lipinski definition) is 2. The molecule has 1 aromatic carbocycles. The number of aliphatic carboxylic acids is 1. The topological polar surface area (TPSA) is 107 Å². The zero-order valence-corrected chi connectivity index (χ0v) is 17.9. The Balaban J connectivity index is 1.84. The van der Waals surface area contributed by atoms with Crippen LogP contribution < -0.4 is 20.3 Å². The normalized spacial score (nSPS) is 19.5. The first-order valence-corrected chi connectivity index (χ1v) is 10.9. The third kappa shape index (κ3) is 3.54. The second-order valence-corrected chi connectivity index (χ2v) is 8.42. The van der Waals surface area contributed by atoms with Crippen LogP contribution in [-0.2, 0) is 4.79 Å². The fourth-order valence-electron chi connectivity index (χ4n) is 4.82. The number of nitrogens with one attached hydrogen (secondary N) is 1. The molecular formula is C23H28N2O6. The second-order valence-electron chi connectivity index (χ2n) is 8.42. The van der Waals surface area contributed by atoms with E-state index in [0.29, 0.717) is 41.9 Å². The number of benzene rings is 1. The van der Waals surface area contributed by atoms with Crippen LogP contribution in [0.1, 0.15) is 68.3 Å². The molecule has 2 N–H and O–H groups in total. The summed E-state index contributed by atoms with van der Waals surface area (Å²) in [4.78, 5) is 38.7. The molecule has 4 rings (SSSR count). The number of carboxylic acids is 1. The molecule has 1 saturated carbocycles. The first kappa shape index (κ1) is 21.2. The minimum absolute atomic E-state index is 0.0437. The van der Waals surface area contributed by atoms with Crippen LogP contribution in [0, 0.1) is 0 Å². The Hall–Kier alpha value is -3.03. The first-order chi connectivity index (χ1) is 14.9. The van der Waals surface area contributed by atoms with Crippen molar-refractivity contribution in [3.05, 3.63) is 34.1 Å². The number of pyridine rings is 1. The van der Waals surface area contributed by atoms with Gasteiger partial charge < -0.3 is 19.9 Å². The summed E-state index contributed by atoms with van der Waals surface area (Å²) in [5, 5.41) is 13.2. The molecule has 0 bridgehead atoms. The van der Waals surface area contributed by atoms with Crippen LogP contribution in [0.2, 0.25) is 0 Å². The van der Waals surface area contributed by atoms with Gasteiger partial charge in [-0.3, -0.25) is 14.2 Å². The van der Waals surface area contributed by atoms with Crippen molar-refractivity contribution in [2.24, 2.45) is 0 Å². The maximum absolute atomic E-state index is 13.5. The van der Waals surface area contributed by atoms with E-state index in [4.69, 9.17) is 9.47 Å². The van der Waals surface area contributed by atoms with E-state index >= 15 is 0 Å². The Morgan fingerprint density at radius 3 is 2.68 bits per heavy atom. The Kier molecular flexibility index (Phi) is 5.64. The molecule has 1 fully saturated rings. The van der Waals surface area contributed by atoms with Gasteiger partial charge in [0, 0.05) is 5.39 Å². The highest BCUT2D eigenvalue weighted by molar-refractivity contribution is 6.01. The third-order valence-electron chi connectivity index (χ3n) is 6.46. The molecule has 1 aliphatic heterocycles. The van der Waals surface area contributed by atoms with E-state index < -0.39 is 23.0 Å². The summed E-state index contributed by atoms with van der Waals surface area (Å²) >= 11 is 0. The lowest BCUT2D eigenvalue weighted by Crippen LogP contribution is -2.56. The zero-order valence-electron chi connectivity index (χ0n) is 17.9. The Labute approximate surface area is 180 Å². The Bertz CT molecular complexity index is 1080. The average molecular weight is 428 g/mol. The van der Waals surface area contributed by atoms with Crippen LogP contribution in [0.3, 0.4) is 0 Å². The van der Waals surface area contributed by atoms with Gasteiger partial charge in [-0.1, -0.05) is 32.6 Å². The van der Waals surface area contributed by atoms with Crippen molar-refractivity contribution in [2.75, 3.05) is 13.7 Å². The summed E-state index contributed by atoms with van der Waals surface area (Å²) in [7, 11) is 1.54. The molecule has 31 heavy (non-hydrogen) atoms. The van der Waals surface area contributed by atoms with Crippen LogP contribution in [0.5, 0.6) is 11.5 Å². The third-order valence-corrected chi connectivity index (χ3v) is 6.46. The molecule has 166 valence electrons. The molecular weight excluding hydrogens is 400 g/mol. The van der Waals surface area contributed by atoms with Gasteiger partial charge in [0.25, 0.3) is 11.5 Å². The van der Waals surface area contributed by atoms with E-state index in [1.54, 1.807) is 23.8 Å². The highest BCUT2D eigenvalue weighted by atomic mass is 16.5. The number of rotatable bonds is 6. The minimum Gasteiger partial charge on any atom is -0.493 e. The number of amides is 1. The monoisotopic (exact) mass is 428 g/mol. The van der Waals surface area contributed by atoms with Crippen molar-refractivity contribution in [3.63, 3.8) is 0 Å². The van der Waals surface area contributed by atoms with Gasteiger partial charge in [0.1, 0.15) is 17.7 Å². The predicted octanol–water partition coefficient (Wildman–Crippen LogP) is 3.26. The Morgan fingerprint density at radius 1 is 1.29 bits per heavy atom. The molecule has 8 heteroatoms. The molecule has 2 aromatic rings. The molecule has 0 radical (unpaired) electrons. The van der Waals surface area contributed by atoms with Crippen LogP contribution >= 0.6 is 0 Å². The maximum Gasteiger partial charge on any atom is 0.329 e. The number of carbonyl (C=O) groups excluding carboxylic acids is 1. The molecule has 1 atom stereocenters. The quantitative estimate of drug-likeness (QED) is 0.731. The van der Waals surface area contributed by atoms with Crippen molar-refractivity contribution in [1.29, 1.82) is 0 Å². The lowest BCUT2D eigenvalue weighted by Gasteiger charge is -2.34. The molecule has 1 aliphatic carbocycles. The van der Waals surface area contributed by atoms with Gasteiger partial charge >= 0.3 is 5.97 Å². The van der Waals surface area contributed by atoms with Gasteiger partial charge in [-0.05, 0) is 37.5 Å². The van der Waals surface area contributed by atoms with E-state index in [1.165, 1.54) is 6.07 Å². The van der Waals surface area contributed by atoms with E-state index in [2.05, 4.69) is 5.32 Å². The van der Waals surface area contributed by atoms with Crippen molar-refractivity contribution >= 4 is 22.8 Å². The fraction of sp³-hybridized carbons (Fsp3) is 0.522. The van der Waals surface area contributed by atoms with Crippen molar-refractivity contribution in [3.8, 4) is 11.5 Å². The maximum atomic E-state index is 13.5. The summed E-state index contributed by atoms with van der Waals surface area (Å²) in [6, 6.07) is 4.85. The number of ether oxygens (including phenoxy) is 2. The summed E-state index contributed by atoms with van der Waals surface area (Å²) in [6.45, 7) is 2.33. The smallest absolute Gasteiger partial charge is 0.329 e. The number of hydrogen-bond acceptors (Lipinski definition) is 5. The van der Waals surface area contributed by atoms with E-state index in [0.717, 1.165) is 32.1 Å². The summed E-state index contributed by atoms with van der Waals surface area (Å²) in [5.74, 6) is -0.670. The van der Waals surface area contributed by atoms with Gasteiger partial charge in [-0.15, -0.1) is 0 Å². The molecule has 2 heterocycles. The molecule has 8 nitrogen and oxygen atoms in total. The summed E-state index contributed by atoms with van der Waals surface area (Å²) < 4.78 is 13.0. The first-order valence-electron chi connectivity index (χ1n) is 10.9. The van der Waals surface area contributed by atoms with Gasteiger partial charge in [-0.2, -0.15) is 0 Å². The largest absolute Gasteiger partial charge is 0.493 e. The lowest BCUT2D eigenvalue weighted by molar-refractivity contribution is -0.145. The van der Waals surface area contributed by atoms with Gasteiger partial charge in [0.2, 0.25) is 0 Å². The standard InChI is InChI=1S/C23H28N2O6/c1-3-7-15-13-31-19-17(30-2)9-8-14-12-16(21(27)25(15)18(14)19)20(26)24-23(22(28)29)10-5-4-6-11-23/h8-9,12,15H,3-7,10-11,13H2,1-2H3,(H,24,26)(H,28,29). The van der Waals surface area contributed by atoms with Gasteiger partial charge in [-0.25, -0.2) is 4.79 Å². The summed E-state index contributed by atoms with van der Waals surface area (Å²) in [5.41, 5.74) is -1.19. The minimum atomic E-state index is -1.32. The molecule has 1 unspecified atom stereocenters. The molecule has 2 aliphatic rings. The predicted molar refractivity (Wildman–Crippen MR) is 115 cm³/mol. The molecule has 1 aromatic heterocycles. The molecule has 0 spiro atoms. The van der Waals surface area contributed by atoms with Gasteiger partial charge in [0.15, 0.2) is 11.5 Å². The number of aromatic nitrogens is 1. The van der Waals surface area contributed by atoms with E-state index in [1.807, 2.05) is 6.92 Å². The molecule has 1 amide bonds. The lowest BCUT2D eigenvalue weighted by atomic mass is 9.81. The number of carbonyl (C=O) groups is 2. The van der Waals surface area contributed by atoms with Gasteiger partial charge in [0.05, 0.1) is 18.7 Å². The SMILES string of the molecule is CCCC1COc2c(OC)ccc3cc(C(=O)NC4(C(=O)O)CCCCC4)c(=O)n1c23. The van der Waals surface area contributed by atoms with Crippen molar-refractivity contribution in [2.45, 2.75) is 63.5 Å². The highest BCUT2D eigenvalue weighted by Crippen LogP contribution is 2.40. The highest BCUT2D eigenvalue weighted by Gasteiger charge is 2.42. The van der Waals surface area contributed by atoms with Crippen LogP contribution in [0.15, 0.2) is 23.0 Å². The second kappa shape index (κ2) is 8.24. The van der Waals surface area contributed by atoms with Crippen LogP contribution in [0.4, 0.5) is 0 Å². The Morgan fingerprint density at radius 2 is 2.03 bits per heavy atom. The number of carboxylic acid groups (broad SMARTS) is 1. The van der Waals surface area contributed by atoms with Crippen LogP contribution in [-0.4, -0.2) is 40.8 Å². The van der Waals surface area contributed by atoms with Crippen molar-refractivity contribution < 1.29 is 24.2 Å². The average Bonchev–Trinajstić information content (AvgIpc) is 2.77. The molecule has 0 saturated heterocycles. The number of methoxy groups -OCH3 is 1.